The quantitative estimate of drug-likeness (QED) is 0.658. The average Bonchev–Trinajstić information content (AvgIpc) is 2.11. The number of hydrogen-bond acceptors (Lipinski definition) is 1. The van der Waals surface area contributed by atoms with Crippen molar-refractivity contribution in [1.29, 1.82) is 0 Å². The zero-order valence-corrected chi connectivity index (χ0v) is 10.9. The van der Waals surface area contributed by atoms with Crippen LogP contribution in [0.1, 0.15) is 47.5 Å². The molecule has 88 valence electrons. The topological polar surface area (TPSA) is 20.2 Å². The molecule has 0 saturated heterocycles. The minimum absolute atomic E-state index is 0.268. The molecule has 0 aliphatic rings. The summed E-state index contributed by atoms with van der Waals surface area (Å²) in [6, 6.07) is 0. The fourth-order valence-corrected chi connectivity index (χ4v) is 1.69. The number of rotatable bonds is 6. The van der Waals surface area contributed by atoms with Crippen LogP contribution in [-0.4, -0.2) is 10.7 Å². The molecule has 2 unspecified atom stereocenters. The molecule has 0 aliphatic heterocycles. The van der Waals surface area contributed by atoms with Gasteiger partial charge in [0.25, 0.3) is 0 Å². The minimum atomic E-state index is -0.754. The Hall–Kier alpha value is -0.560. The van der Waals surface area contributed by atoms with E-state index in [-0.39, 0.29) is 5.92 Å². The first-order valence-electron chi connectivity index (χ1n) is 5.79. The van der Waals surface area contributed by atoms with Crippen molar-refractivity contribution in [3.63, 3.8) is 0 Å². The van der Waals surface area contributed by atoms with Gasteiger partial charge in [0.15, 0.2) is 0 Å². The summed E-state index contributed by atoms with van der Waals surface area (Å²) in [7, 11) is 0. The van der Waals surface area contributed by atoms with E-state index in [0.29, 0.717) is 5.92 Å². The van der Waals surface area contributed by atoms with Crippen LogP contribution >= 0.6 is 0 Å². The summed E-state index contributed by atoms with van der Waals surface area (Å²) in [5.41, 5.74) is 0.555. The maximum Gasteiger partial charge on any atom is 0.0828 e. The van der Waals surface area contributed by atoms with Crippen molar-refractivity contribution in [2.24, 2.45) is 11.8 Å². The van der Waals surface area contributed by atoms with Crippen LogP contribution in [0.5, 0.6) is 0 Å². The largest absolute Gasteiger partial charge is 0.386 e. The van der Waals surface area contributed by atoms with Gasteiger partial charge in [-0.1, -0.05) is 31.6 Å². The Morgan fingerprint density at radius 1 is 1.40 bits per heavy atom. The number of hydrogen-bond donors (Lipinski definition) is 1. The van der Waals surface area contributed by atoms with Gasteiger partial charge in [-0.25, -0.2) is 0 Å². The van der Waals surface area contributed by atoms with Crippen molar-refractivity contribution in [3.05, 3.63) is 24.3 Å². The molecular formula is C14H26O. The standard InChI is InChI=1S/C14H26O/c1-7-14(6,15)13(10-12(4)5)9-8-11(2)3/h7-8,12-13,15H,1,9-10H2,2-6H3. The first-order valence-corrected chi connectivity index (χ1v) is 5.79. The average molecular weight is 210 g/mol. The maximum absolute atomic E-state index is 10.2. The fraction of sp³-hybridized carbons (Fsp3) is 0.714. The molecule has 2 atom stereocenters. The highest BCUT2D eigenvalue weighted by Gasteiger charge is 2.28. The fourth-order valence-electron chi connectivity index (χ4n) is 1.69. The summed E-state index contributed by atoms with van der Waals surface area (Å²) < 4.78 is 0. The van der Waals surface area contributed by atoms with Crippen LogP contribution in [-0.2, 0) is 0 Å². The highest BCUT2D eigenvalue weighted by atomic mass is 16.3. The van der Waals surface area contributed by atoms with E-state index < -0.39 is 5.60 Å². The van der Waals surface area contributed by atoms with Gasteiger partial charge < -0.3 is 5.11 Å². The zero-order chi connectivity index (χ0) is 12.1. The number of aliphatic hydroxyl groups is 1. The van der Waals surface area contributed by atoms with Gasteiger partial charge in [0.2, 0.25) is 0 Å². The number of allylic oxidation sites excluding steroid dienone is 2. The predicted molar refractivity (Wildman–Crippen MR) is 67.8 cm³/mol. The summed E-state index contributed by atoms with van der Waals surface area (Å²) >= 11 is 0. The normalized spacial score (nSPS) is 17.0. The smallest absolute Gasteiger partial charge is 0.0828 e. The molecule has 1 heteroatoms. The molecule has 0 aliphatic carbocycles. The second kappa shape index (κ2) is 6.12. The van der Waals surface area contributed by atoms with Crippen molar-refractivity contribution in [1.82, 2.24) is 0 Å². The zero-order valence-electron chi connectivity index (χ0n) is 10.9. The Morgan fingerprint density at radius 3 is 2.27 bits per heavy atom. The first-order chi connectivity index (χ1) is 6.79. The van der Waals surface area contributed by atoms with Crippen LogP contribution in [0.15, 0.2) is 24.3 Å². The molecule has 0 aromatic carbocycles. The van der Waals surface area contributed by atoms with Crippen LogP contribution in [0.25, 0.3) is 0 Å². The molecule has 15 heavy (non-hydrogen) atoms. The van der Waals surface area contributed by atoms with Gasteiger partial charge >= 0.3 is 0 Å². The predicted octanol–water partition coefficient (Wildman–Crippen LogP) is 3.94. The Labute approximate surface area is 94.9 Å². The van der Waals surface area contributed by atoms with E-state index in [0.717, 1.165) is 12.8 Å². The van der Waals surface area contributed by atoms with E-state index in [2.05, 4.69) is 40.3 Å². The summed E-state index contributed by atoms with van der Waals surface area (Å²) in [5, 5.41) is 10.2. The van der Waals surface area contributed by atoms with Gasteiger partial charge in [-0.2, -0.15) is 0 Å². The second-order valence-electron chi connectivity index (χ2n) is 5.27. The van der Waals surface area contributed by atoms with E-state index >= 15 is 0 Å². The van der Waals surface area contributed by atoms with Crippen molar-refractivity contribution in [2.75, 3.05) is 0 Å². The van der Waals surface area contributed by atoms with E-state index in [9.17, 15) is 5.11 Å². The molecule has 0 saturated carbocycles. The van der Waals surface area contributed by atoms with Crippen LogP contribution < -0.4 is 0 Å². The van der Waals surface area contributed by atoms with Crippen molar-refractivity contribution < 1.29 is 5.11 Å². The van der Waals surface area contributed by atoms with Gasteiger partial charge in [-0.05, 0) is 45.4 Å². The van der Waals surface area contributed by atoms with Crippen LogP contribution in [0.3, 0.4) is 0 Å². The van der Waals surface area contributed by atoms with Gasteiger partial charge in [-0.15, -0.1) is 6.58 Å². The van der Waals surface area contributed by atoms with Gasteiger partial charge in [0, 0.05) is 0 Å². The van der Waals surface area contributed by atoms with Gasteiger partial charge in [0.05, 0.1) is 5.60 Å². The second-order valence-corrected chi connectivity index (χ2v) is 5.27. The molecule has 0 bridgehead atoms. The first kappa shape index (κ1) is 14.4. The lowest BCUT2D eigenvalue weighted by molar-refractivity contribution is 0.0374. The lowest BCUT2D eigenvalue weighted by atomic mass is 9.80. The van der Waals surface area contributed by atoms with Gasteiger partial charge in [-0.3, -0.25) is 0 Å². The van der Waals surface area contributed by atoms with Gasteiger partial charge in [0.1, 0.15) is 0 Å². The van der Waals surface area contributed by atoms with Crippen LogP contribution in [0.4, 0.5) is 0 Å². The molecule has 0 radical (unpaired) electrons. The molecule has 0 spiro atoms. The Kier molecular flexibility index (Phi) is 5.89. The molecular weight excluding hydrogens is 184 g/mol. The monoisotopic (exact) mass is 210 g/mol. The van der Waals surface area contributed by atoms with Crippen molar-refractivity contribution >= 4 is 0 Å². The summed E-state index contributed by atoms with van der Waals surface area (Å²) in [6.45, 7) is 14.1. The summed E-state index contributed by atoms with van der Waals surface area (Å²) in [4.78, 5) is 0. The van der Waals surface area contributed by atoms with E-state index in [1.165, 1.54) is 5.57 Å². The molecule has 0 aromatic heterocycles. The van der Waals surface area contributed by atoms with E-state index in [1.807, 2.05) is 6.92 Å². The third kappa shape index (κ3) is 5.78. The minimum Gasteiger partial charge on any atom is -0.386 e. The molecule has 0 heterocycles. The molecule has 0 rings (SSSR count). The summed E-state index contributed by atoms with van der Waals surface area (Å²) in [5.74, 6) is 0.872. The van der Waals surface area contributed by atoms with Crippen LogP contribution in [0.2, 0.25) is 0 Å². The molecule has 0 aromatic rings. The van der Waals surface area contributed by atoms with Crippen molar-refractivity contribution in [2.45, 2.75) is 53.1 Å². The van der Waals surface area contributed by atoms with Crippen LogP contribution in [0, 0.1) is 11.8 Å². The molecule has 1 nitrogen and oxygen atoms in total. The highest BCUT2D eigenvalue weighted by molar-refractivity contribution is 5.02. The Balaban J connectivity index is 4.58. The highest BCUT2D eigenvalue weighted by Crippen LogP contribution is 2.29. The molecule has 0 amide bonds. The summed E-state index contributed by atoms with van der Waals surface area (Å²) in [6.07, 6.45) is 5.83. The lowest BCUT2D eigenvalue weighted by Gasteiger charge is -2.30. The maximum atomic E-state index is 10.2. The van der Waals surface area contributed by atoms with Crippen molar-refractivity contribution in [3.8, 4) is 0 Å². The Bertz CT molecular complexity index is 219. The SMILES string of the molecule is C=CC(C)(O)C(CC=C(C)C)CC(C)C. The lowest BCUT2D eigenvalue weighted by Crippen LogP contribution is -2.32. The van der Waals surface area contributed by atoms with E-state index in [1.54, 1.807) is 6.08 Å². The van der Waals surface area contributed by atoms with E-state index in [4.69, 9.17) is 0 Å². The third-order valence-corrected chi connectivity index (χ3v) is 2.81. The third-order valence-electron chi connectivity index (χ3n) is 2.81. The molecule has 1 N–H and O–H groups in total. The Morgan fingerprint density at radius 2 is 1.93 bits per heavy atom. The molecule has 0 fully saturated rings.